The van der Waals surface area contributed by atoms with Crippen LogP contribution in [-0.4, -0.2) is 98.2 Å². The van der Waals surface area contributed by atoms with Gasteiger partial charge in [-0.15, -0.1) is 0 Å². The van der Waals surface area contributed by atoms with Crippen LogP contribution >= 0.6 is 23.2 Å². The molecule has 0 radical (unpaired) electrons. The second-order valence-corrected chi connectivity index (χ2v) is 18.8. The molecule has 18 heteroatoms. The zero-order valence-electron chi connectivity index (χ0n) is 38.0. The summed E-state index contributed by atoms with van der Waals surface area (Å²) >= 11 is 12.5. The summed E-state index contributed by atoms with van der Waals surface area (Å²) in [5.74, 6) is -10.1. The van der Waals surface area contributed by atoms with Gasteiger partial charge < -0.3 is 34.4 Å². The molecule has 5 aromatic rings. The number of hydrogen-bond donors (Lipinski definition) is 2. The molecule has 0 unspecified atom stereocenters. The second-order valence-electron chi connectivity index (χ2n) is 18.0. The number of imidazole rings is 1. The number of rotatable bonds is 12. The summed E-state index contributed by atoms with van der Waals surface area (Å²) in [6.07, 6.45) is 0.953. The van der Waals surface area contributed by atoms with Gasteiger partial charge in [-0.3, -0.25) is 19.2 Å². The molecule has 4 aromatic carbocycles. The first-order valence-corrected chi connectivity index (χ1v) is 22.9. The van der Waals surface area contributed by atoms with Crippen molar-refractivity contribution in [2.75, 3.05) is 33.8 Å². The standard InChI is InChI=1S/C50H52Cl2F4N6O6/c1-29-42(64)19-34(27-63)48(66)58-50(23-30-6-11-35(51)12-7-30)16-5-17-61(28-50)49(67)33(18-32-10-15-39(53)47(56)46(32)55)20-45(65)62(29)25-38-40(54)21-36(52)22-43(38)68-37-13-8-31(9-14-37)41-24-57-44(60(41)4)26-59(2)3/h6-15,21-22,24,29,33-34,63H,5,16-20,23,25-28H2,1-4H3,(H,58,66)/t29-,33+,34-,50+/m0/s1. The lowest BCUT2D eigenvalue weighted by Crippen LogP contribution is -2.63. The number of carbonyl (C=O) groups excluding carboxylic acids is 4. The topological polar surface area (TPSA) is 137 Å². The summed E-state index contributed by atoms with van der Waals surface area (Å²) in [6, 6.07) is 16.5. The van der Waals surface area contributed by atoms with E-state index in [0.717, 1.165) is 45.7 Å². The van der Waals surface area contributed by atoms with Gasteiger partial charge in [0.2, 0.25) is 17.7 Å². The summed E-state index contributed by atoms with van der Waals surface area (Å²) < 4.78 is 68.7. The summed E-state index contributed by atoms with van der Waals surface area (Å²) in [4.78, 5) is 67.2. The molecule has 2 aliphatic heterocycles. The highest BCUT2D eigenvalue weighted by Gasteiger charge is 2.43. The fraction of sp³-hybridized carbons (Fsp3) is 0.380. The molecule has 7 rings (SSSR count). The van der Waals surface area contributed by atoms with Crippen LogP contribution in [0.5, 0.6) is 11.5 Å². The maximum Gasteiger partial charge on any atom is 0.226 e. The number of halogens is 6. The molecule has 2 bridgehead atoms. The van der Waals surface area contributed by atoms with Gasteiger partial charge in [0, 0.05) is 54.2 Å². The summed E-state index contributed by atoms with van der Waals surface area (Å²) in [7, 11) is 5.79. The molecule has 1 aromatic heterocycles. The molecule has 2 aliphatic rings. The monoisotopic (exact) mass is 978 g/mol. The van der Waals surface area contributed by atoms with Gasteiger partial charge in [-0.05, 0) is 112 Å². The van der Waals surface area contributed by atoms with Crippen LogP contribution in [0.25, 0.3) is 11.3 Å². The maximum absolute atomic E-state index is 16.3. The molecular weight excluding hydrogens is 927 g/mol. The van der Waals surface area contributed by atoms with Gasteiger partial charge in [0.15, 0.2) is 23.2 Å². The average Bonchev–Trinajstić information content (AvgIpc) is 3.65. The van der Waals surface area contributed by atoms with Crippen molar-refractivity contribution in [3.63, 3.8) is 0 Å². The number of ketones is 1. The Kier molecular flexibility index (Phi) is 15.6. The van der Waals surface area contributed by atoms with Crippen LogP contribution in [0.3, 0.4) is 0 Å². The Morgan fingerprint density at radius 1 is 0.897 bits per heavy atom. The van der Waals surface area contributed by atoms with E-state index in [0.29, 0.717) is 24.4 Å². The van der Waals surface area contributed by atoms with E-state index in [2.05, 4.69) is 10.3 Å². The van der Waals surface area contributed by atoms with E-state index >= 15 is 8.78 Å². The number of amides is 3. The van der Waals surface area contributed by atoms with E-state index in [1.165, 1.54) is 17.9 Å². The Hall–Kier alpha value is -5.81. The smallest absolute Gasteiger partial charge is 0.226 e. The van der Waals surface area contributed by atoms with Crippen LogP contribution in [0.15, 0.2) is 79.0 Å². The van der Waals surface area contributed by atoms with E-state index < -0.39 is 103 Å². The number of nitrogens with one attached hydrogen (secondary N) is 1. The van der Waals surface area contributed by atoms with Crippen molar-refractivity contribution in [1.29, 1.82) is 0 Å². The lowest BCUT2D eigenvalue weighted by atomic mass is 9.81. The minimum atomic E-state index is -1.75. The van der Waals surface area contributed by atoms with Crippen LogP contribution in [0.2, 0.25) is 10.0 Å². The van der Waals surface area contributed by atoms with Crippen molar-refractivity contribution in [1.82, 2.24) is 29.6 Å². The zero-order valence-corrected chi connectivity index (χ0v) is 39.5. The fourth-order valence-corrected chi connectivity index (χ4v) is 9.34. The number of piperidine rings is 1. The van der Waals surface area contributed by atoms with E-state index in [1.807, 2.05) is 30.6 Å². The van der Waals surface area contributed by atoms with Crippen LogP contribution < -0.4 is 10.1 Å². The third-order valence-electron chi connectivity index (χ3n) is 12.7. The Morgan fingerprint density at radius 2 is 1.62 bits per heavy atom. The normalized spacial score (nSPS) is 20.7. The first-order chi connectivity index (χ1) is 32.3. The maximum atomic E-state index is 16.3. The molecule has 0 saturated carbocycles. The molecule has 2 N–H and O–H groups in total. The minimum Gasteiger partial charge on any atom is -0.457 e. The van der Waals surface area contributed by atoms with E-state index in [-0.39, 0.29) is 47.2 Å². The van der Waals surface area contributed by atoms with Crippen LogP contribution in [0.1, 0.15) is 55.1 Å². The van der Waals surface area contributed by atoms with Gasteiger partial charge in [0.05, 0.1) is 55.0 Å². The highest BCUT2D eigenvalue weighted by molar-refractivity contribution is 6.31. The predicted molar refractivity (Wildman–Crippen MR) is 248 cm³/mol. The number of nitrogens with zero attached hydrogens (tertiary/aromatic N) is 5. The summed E-state index contributed by atoms with van der Waals surface area (Å²) in [5, 5.41) is 14.0. The van der Waals surface area contributed by atoms with Crippen molar-refractivity contribution in [2.24, 2.45) is 18.9 Å². The van der Waals surface area contributed by atoms with Crippen LogP contribution in [-0.2, 0) is 52.2 Å². The molecule has 12 nitrogen and oxygen atoms in total. The number of aromatic nitrogens is 2. The highest BCUT2D eigenvalue weighted by Crippen LogP contribution is 2.36. The Morgan fingerprint density at radius 3 is 2.31 bits per heavy atom. The first-order valence-electron chi connectivity index (χ1n) is 22.2. The van der Waals surface area contributed by atoms with Gasteiger partial charge in [0.25, 0.3) is 0 Å². The molecule has 2 saturated heterocycles. The molecule has 3 heterocycles. The van der Waals surface area contributed by atoms with Crippen molar-refractivity contribution in [2.45, 2.75) is 70.1 Å². The van der Waals surface area contributed by atoms with Gasteiger partial charge in [0.1, 0.15) is 23.1 Å². The second kappa shape index (κ2) is 21.2. The van der Waals surface area contributed by atoms with Gasteiger partial charge >= 0.3 is 0 Å². The fourth-order valence-electron chi connectivity index (χ4n) is 9.02. The molecule has 2 fully saturated rings. The van der Waals surface area contributed by atoms with Crippen molar-refractivity contribution in [3.8, 4) is 22.8 Å². The number of hydrogen-bond acceptors (Lipinski definition) is 8. The van der Waals surface area contributed by atoms with Crippen molar-refractivity contribution >= 4 is 46.7 Å². The molecule has 4 atom stereocenters. The average molecular weight is 980 g/mol. The zero-order chi connectivity index (χ0) is 49.0. The number of Topliss-reactive ketones (excluding diaryl/α,β-unsaturated/α-hetero) is 1. The molecule has 0 spiro atoms. The summed E-state index contributed by atoms with van der Waals surface area (Å²) in [5.41, 5.74) is 0.715. The highest BCUT2D eigenvalue weighted by atomic mass is 35.5. The van der Waals surface area contributed by atoms with Crippen molar-refractivity contribution in [3.05, 3.63) is 135 Å². The quantitative estimate of drug-likeness (QED) is 0.0947. The SMILES string of the molecule is C[C@H]1C(=O)C[C@@H](CO)C(=O)N[C@@]2(Cc3ccc(Cl)cc3)CCCN(C2)C(=O)[C@H](Cc2ccc(F)c(F)c2F)CC(=O)N1Cc1c(F)cc(Cl)cc1Oc1ccc(-c2cnc(CN(C)C)n2C)cc1. The Balaban J connectivity index is 1.25. The first kappa shape index (κ1) is 50.1. The number of carbonyl (C=O) groups is 4. The molecule has 0 aliphatic carbocycles. The van der Waals surface area contributed by atoms with E-state index in [1.54, 1.807) is 54.7 Å². The van der Waals surface area contributed by atoms with Crippen LogP contribution in [0.4, 0.5) is 17.6 Å². The number of fused-ring (bicyclic) bond motifs is 2. The van der Waals surface area contributed by atoms with Gasteiger partial charge in [-0.25, -0.2) is 22.5 Å². The van der Waals surface area contributed by atoms with Gasteiger partial charge in [-0.1, -0.05) is 41.4 Å². The largest absolute Gasteiger partial charge is 0.457 e. The van der Waals surface area contributed by atoms with Crippen molar-refractivity contribution < 1.29 is 46.6 Å². The minimum absolute atomic E-state index is 0.0395. The Labute approximate surface area is 401 Å². The lowest BCUT2D eigenvalue weighted by molar-refractivity contribution is -0.147. The Bertz CT molecular complexity index is 2690. The number of benzene rings is 4. The number of aliphatic hydroxyl groups excluding tert-OH is 1. The number of aliphatic hydroxyl groups is 1. The summed E-state index contributed by atoms with van der Waals surface area (Å²) in [6.45, 7) is 0.725. The van der Waals surface area contributed by atoms with Crippen LogP contribution in [0, 0.1) is 35.1 Å². The van der Waals surface area contributed by atoms with E-state index in [9.17, 15) is 33.1 Å². The third kappa shape index (κ3) is 11.4. The van der Waals surface area contributed by atoms with Gasteiger partial charge in [-0.2, -0.15) is 0 Å². The molecular formula is C50H52Cl2F4N6O6. The third-order valence-corrected chi connectivity index (χ3v) is 13.2. The molecule has 360 valence electrons. The molecule has 68 heavy (non-hydrogen) atoms. The number of ether oxygens (including phenoxy) is 1. The lowest BCUT2D eigenvalue weighted by Gasteiger charge is -2.45. The molecule has 3 amide bonds. The van der Waals surface area contributed by atoms with E-state index in [4.69, 9.17) is 27.9 Å². The predicted octanol–water partition coefficient (Wildman–Crippen LogP) is 8.07.